The van der Waals surface area contributed by atoms with Crippen LogP contribution in [0.2, 0.25) is 0 Å². The molecule has 150 valence electrons. The lowest BCUT2D eigenvalue weighted by molar-refractivity contribution is 0.220. The van der Waals surface area contributed by atoms with Crippen LogP contribution in [0.4, 0.5) is 5.69 Å². The molecule has 3 aromatic rings. The molecule has 1 aromatic heterocycles. The number of methoxy groups -OCH3 is 1. The maximum atomic E-state index is 6.32. The number of rotatable bonds is 7. The first kappa shape index (κ1) is 19.5. The van der Waals surface area contributed by atoms with Crippen molar-refractivity contribution < 1.29 is 9.47 Å². The number of nitrogens with zero attached hydrogens (tertiary/aromatic N) is 3. The number of hydrogen-bond acceptors (Lipinski definition) is 7. The molecule has 0 saturated heterocycles. The van der Waals surface area contributed by atoms with E-state index in [1.807, 2.05) is 48.5 Å². The first-order valence-electron chi connectivity index (χ1n) is 9.83. The Bertz CT molecular complexity index is 983. The van der Waals surface area contributed by atoms with Crippen LogP contribution in [0, 0.1) is 0 Å². The summed E-state index contributed by atoms with van der Waals surface area (Å²) in [5.74, 6) is 2.20. The Labute approximate surface area is 175 Å². The van der Waals surface area contributed by atoms with E-state index in [0.717, 1.165) is 34.7 Å². The molecule has 1 atom stereocenters. The predicted octanol–water partition coefficient (Wildman–Crippen LogP) is 5.33. The third kappa shape index (κ3) is 4.29. The van der Waals surface area contributed by atoms with Crippen LogP contribution in [0.15, 0.2) is 53.7 Å². The monoisotopic (exact) mass is 408 g/mol. The first-order chi connectivity index (χ1) is 14.3. The summed E-state index contributed by atoms with van der Waals surface area (Å²) in [6.07, 6.45) is 3.07. The number of anilines is 1. The second-order valence-corrected chi connectivity index (χ2v) is 7.80. The lowest BCUT2D eigenvalue weighted by Crippen LogP contribution is -2.18. The number of thioether (sulfide) groups is 1. The van der Waals surface area contributed by atoms with Crippen LogP contribution in [0.5, 0.6) is 11.6 Å². The predicted molar refractivity (Wildman–Crippen MR) is 115 cm³/mol. The fraction of sp³-hybridized carbons (Fsp3) is 0.318. The van der Waals surface area contributed by atoms with E-state index >= 15 is 0 Å². The Kier molecular flexibility index (Phi) is 6.14. The Morgan fingerprint density at radius 2 is 1.90 bits per heavy atom. The summed E-state index contributed by atoms with van der Waals surface area (Å²) in [5, 5.41) is 12.9. The lowest BCUT2D eigenvalue weighted by atomic mass is 10.1. The van der Waals surface area contributed by atoms with Gasteiger partial charge in [-0.15, -0.1) is 10.2 Å². The van der Waals surface area contributed by atoms with Gasteiger partial charge in [-0.2, -0.15) is 4.98 Å². The highest BCUT2D eigenvalue weighted by Crippen LogP contribution is 2.40. The molecule has 0 saturated carbocycles. The fourth-order valence-corrected chi connectivity index (χ4v) is 4.02. The molecule has 0 aliphatic carbocycles. The van der Waals surface area contributed by atoms with Gasteiger partial charge in [0.1, 0.15) is 5.75 Å². The number of hydrogen-bond donors (Lipinski definition) is 1. The van der Waals surface area contributed by atoms with Crippen molar-refractivity contribution in [3.8, 4) is 22.9 Å². The van der Waals surface area contributed by atoms with Crippen LogP contribution in [-0.4, -0.2) is 28.0 Å². The highest BCUT2D eigenvalue weighted by Gasteiger charge is 2.27. The van der Waals surface area contributed by atoms with Crippen molar-refractivity contribution >= 4 is 17.4 Å². The molecule has 0 spiro atoms. The van der Waals surface area contributed by atoms with E-state index in [-0.39, 0.29) is 0 Å². The minimum absolute atomic E-state index is 0.455. The lowest BCUT2D eigenvalue weighted by Gasteiger charge is -2.21. The maximum absolute atomic E-state index is 6.32. The Morgan fingerprint density at radius 3 is 2.76 bits per heavy atom. The summed E-state index contributed by atoms with van der Waals surface area (Å²) in [4.78, 5) is 4.69. The molecular formula is C22H24N4O2S. The van der Waals surface area contributed by atoms with E-state index in [9.17, 15) is 0 Å². The van der Waals surface area contributed by atoms with E-state index in [1.165, 1.54) is 12.8 Å². The molecule has 6 nitrogen and oxygen atoms in total. The van der Waals surface area contributed by atoms with Gasteiger partial charge in [0, 0.05) is 17.0 Å². The van der Waals surface area contributed by atoms with Gasteiger partial charge in [-0.25, -0.2) is 0 Å². The van der Waals surface area contributed by atoms with Gasteiger partial charge in [-0.1, -0.05) is 61.9 Å². The normalized spacial score (nSPS) is 14.8. The molecule has 7 heteroatoms. The topological polar surface area (TPSA) is 69.2 Å². The summed E-state index contributed by atoms with van der Waals surface area (Å²) in [6, 6.07) is 15.8. The van der Waals surface area contributed by atoms with Crippen molar-refractivity contribution in [2.24, 2.45) is 0 Å². The molecule has 0 fully saturated rings. The molecule has 1 aliphatic heterocycles. The van der Waals surface area contributed by atoms with Gasteiger partial charge in [0.2, 0.25) is 17.3 Å². The van der Waals surface area contributed by atoms with E-state index in [4.69, 9.17) is 9.47 Å². The highest BCUT2D eigenvalue weighted by atomic mass is 32.2. The molecule has 4 rings (SSSR count). The van der Waals surface area contributed by atoms with Crippen LogP contribution in [-0.2, 0) is 0 Å². The zero-order chi connectivity index (χ0) is 20.1. The number of unbranched alkanes of at least 4 members (excludes halogenated alkanes) is 2. The average molecular weight is 409 g/mol. The number of nitrogens with one attached hydrogen (secondary N) is 1. The summed E-state index contributed by atoms with van der Waals surface area (Å²) < 4.78 is 11.9. The first-order valence-corrected chi connectivity index (χ1v) is 10.8. The Hall–Kier alpha value is -2.80. The van der Waals surface area contributed by atoms with Gasteiger partial charge in [-0.05, 0) is 24.6 Å². The smallest absolute Gasteiger partial charge is 0.247 e. The van der Waals surface area contributed by atoms with Gasteiger partial charge in [0.05, 0.1) is 12.7 Å². The van der Waals surface area contributed by atoms with Gasteiger partial charge >= 0.3 is 0 Å². The quantitative estimate of drug-likeness (QED) is 0.418. The second kappa shape index (κ2) is 9.13. The summed E-state index contributed by atoms with van der Waals surface area (Å²) in [5.41, 5.74) is 3.38. The van der Waals surface area contributed by atoms with E-state index in [1.54, 1.807) is 18.9 Å². The Balaban J connectivity index is 1.71. The summed E-state index contributed by atoms with van der Waals surface area (Å²) in [6.45, 7) is 2.20. The maximum Gasteiger partial charge on any atom is 0.247 e. The van der Waals surface area contributed by atoms with Crippen molar-refractivity contribution in [2.75, 3.05) is 18.2 Å². The van der Waals surface area contributed by atoms with Crippen molar-refractivity contribution in [3.05, 3.63) is 54.1 Å². The zero-order valence-electron chi connectivity index (χ0n) is 16.6. The minimum Gasteiger partial charge on any atom is -0.496 e. The molecule has 29 heavy (non-hydrogen) atoms. The molecule has 0 radical (unpaired) electrons. The summed E-state index contributed by atoms with van der Waals surface area (Å²) >= 11 is 1.62. The number of para-hydroxylation sites is 2. The molecule has 1 aliphatic rings. The third-order valence-electron chi connectivity index (χ3n) is 4.73. The van der Waals surface area contributed by atoms with Crippen LogP contribution in [0.1, 0.15) is 38.0 Å². The van der Waals surface area contributed by atoms with Crippen molar-refractivity contribution in [1.82, 2.24) is 15.2 Å². The minimum atomic E-state index is -0.455. The van der Waals surface area contributed by atoms with E-state index < -0.39 is 6.23 Å². The largest absolute Gasteiger partial charge is 0.496 e. The molecule has 1 N–H and O–H groups in total. The van der Waals surface area contributed by atoms with Gasteiger partial charge < -0.3 is 14.8 Å². The molecule has 2 heterocycles. The fourth-order valence-electron chi connectivity index (χ4n) is 3.25. The number of fused-ring (bicyclic) bond motifs is 3. The third-order valence-corrected chi connectivity index (χ3v) is 5.66. The molecule has 1 unspecified atom stereocenters. The van der Waals surface area contributed by atoms with Crippen LogP contribution >= 0.6 is 11.8 Å². The molecular weight excluding hydrogens is 384 g/mol. The number of ether oxygens (including phenoxy) is 2. The van der Waals surface area contributed by atoms with Crippen molar-refractivity contribution in [2.45, 2.75) is 37.6 Å². The van der Waals surface area contributed by atoms with Crippen LogP contribution < -0.4 is 14.8 Å². The standard InChI is InChI=1S/C22H24N4O2S/c1-3-4-9-14-29-22-24-21-19(25-26-22)15-10-5-7-12-17(15)23-20(28-21)16-11-6-8-13-18(16)27-2/h5-8,10-13,20,23H,3-4,9,14H2,1-2H3. The Morgan fingerprint density at radius 1 is 1.07 bits per heavy atom. The van der Waals surface area contributed by atoms with E-state index in [2.05, 4.69) is 27.4 Å². The van der Waals surface area contributed by atoms with Gasteiger partial charge in [-0.3, -0.25) is 0 Å². The second-order valence-electron chi connectivity index (χ2n) is 6.73. The zero-order valence-corrected chi connectivity index (χ0v) is 17.4. The van der Waals surface area contributed by atoms with Crippen LogP contribution in [0.3, 0.4) is 0 Å². The molecule has 0 bridgehead atoms. The molecule has 0 amide bonds. The van der Waals surface area contributed by atoms with Crippen molar-refractivity contribution in [1.29, 1.82) is 0 Å². The molecule has 2 aromatic carbocycles. The van der Waals surface area contributed by atoms with Crippen molar-refractivity contribution in [3.63, 3.8) is 0 Å². The summed E-state index contributed by atoms with van der Waals surface area (Å²) in [7, 11) is 1.66. The highest BCUT2D eigenvalue weighted by molar-refractivity contribution is 7.99. The SMILES string of the molecule is CCCCCSc1nnc2c(n1)OC(c1ccccc1OC)Nc1ccccc1-2. The van der Waals surface area contributed by atoms with Gasteiger partial charge in [0.25, 0.3) is 0 Å². The average Bonchev–Trinajstić information content (AvgIpc) is 2.93. The van der Waals surface area contributed by atoms with E-state index in [0.29, 0.717) is 16.7 Å². The number of aromatic nitrogens is 3. The van der Waals surface area contributed by atoms with Crippen LogP contribution in [0.25, 0.3) is 11.3 Å². The number of benzene rings is 2. The van der Waals surface area contributed by atoms with Gasteiger partial charge in [0.15, 0.2) is 5.69 Å².